The summed E-state index contributed by atoms with van der Waals surface area (Å²) >= 11 is 13.9. The normalized spacial score (nSPS) is 21.5. The largest absolute Gasteiger partial charge is 0.355 e. The molecular formula is C21H30Cl2N2O3S2. The summed E-state index contributed by atoms with van der Waals surface area (Å²) in [6, 6.07) is 4.86. The number of thioether (sulfide) groups is 1. The van der Waals surface area contributed by atoms with Gasteiger partial charge in [-0.05, 0) is 43.4 Å². The minimum Gasteiger partial charge on any atom is -0.355 e. The van der Waals surface area contributed by atoms with Crippen molar-refractivity contribution >= 4 is 50.9 Å². The molecule has 1 atom stereocenters. The molecule has 0 spiro atoms. The molecule has 1 aliphatic carbocycles. The Labute approximate surface area is 194 Å². The van der Waals surface area contributed by atoms with Gasteiger partial charge in [0.2, 0.25) is 15.9 Å². The van der Waals surface area contributed by atoms with Crippen LogP contribution in [0, 0.1) is 5.92 Å². The molecule has 9 heteroatoms. The summed E-state index contributed by atoms with van der Waals surface area (Å²) in [4.78, 5) is 12.6. The topological polar surface area (TPSA) is 66.5 Å². The van der Waals surface area contributed by atoms with Gasteiger partial charge in [0.25, 0.3) is 0 Å². The molecule has 1 saturated carbocycles. The van der Waals surface area contributed by atoms with Crippen LogP contribution < -0.4 is 5.32 Å². The van der Waals surface area contributed by atoms with Gasteiger partial charge in [-0.15, -0.1) is 0 Å². The van der Waals surface area contributed by atoms with Gasteiger partial charge in [0, 0.05) is 30.6 Å². The Balaban J connectivity index is 1.47. The monoisotopic (exact) mass is 492 g/mol. The molecule has 30 heavy (non-hydrogen) atoms. The van der Waals surface area contributed by atoms with Gasteiger partial charge >= 0.3 is 0 Å². The zero-order chi connectivity index (χ0) is 21.6. The molecule has 1 N–H and O–H groups in total. The van der Waals surface area contributed by atoms with Crippen LogP contribution in [0.3, 0.4) is 0 Å². The molecule has 2 fully saturated rings. The number of benzene rings is 1. The molecule has 3 rings (SSSR count). The van der Waals surface area contributed by atoms with E-state index in [9.17, 15) is 13.2 Å². The van der Waals surface area contributed by atoms with Crippen LogP contribution >= 0.6 is 35.0 Å². The second kappa shape index (κ2) is 11.4. The average Bonchev–Trinajstić information content (AvgIpc) is 2.74. The minimum absolute atomic E-state index is 0.0336. The lowest BCUT2D eigenvalue weighted by molar-refractivity contribution is -0.125. The van der Waals surface area contributed by atoms with Crippen LogP contribution in [0.15, 0.2) is 18.2 Å². The lowest BCUT2D eigenvalue weighted by Gasteiger charge is -2.31. The molecule has 1 heterocycles. The average molecular weight is 494 g/mol. The number of nitrogens with one attached hydrogen (secondary N) is 1. The number of hydrogen-bond acceptors (Lipinski definition) is 4. The summed E-state index contributed by atoms with van der Waals surface area (Å²) in [6.07, 6.45) is 7.97. The Morgan fingerprint density at radius 1 is 1.10 bits per heavy atom. The fourth-order valence-electron chi connectivity index (χ4n) is 4.12. The first kappa shape index (κ1) is 24.2. The van der Waals surface area contributed by atoms with Gasteiger partial charge in [0.05, 0.1) is 21.7 Å². The Kier molecular flexibility index (Phi) is 9.20. The predicted molar refractivity (Wildman–Crippen MR) is 126 cm³/mol. The van der Waals surface area contributed by atoms with E-state index < -0.39 is 10.0 Å². The van der Waals surface area contributed by atoms with E-state index in [2.05, 4.69) is 5.32 Å². The number of carbonyl (C=O) groups is 1. The van der Waals surface area contributed by atoms with Crippen molar-refractivity contribution in [2.75, 3.05) is 25.4 Å². The van der Waals surface area contributed by atoms with Crippen LogP contribution in [-0.4, -0.2) is 49.3 Å². The van der Waals surface area contributed by atoms with E-state index in [1.807, 2.05) is 11.8 Å². The summed E-state index contributed by atoms with van der Waals surface area (Å²) in [6.45, 7) is 1.34. The number of amides is 1. The van der Waals surface area contributed by atoms with Gasteiger partial charge in [-0.2, -0.15) is 11.8 Å². The fourth-order valence-corrected chi connectivity index (χ4v) is 7.25. The van der Waals surface area contributed by atoms with Crippen molar-refractivity contribution in [1.29, 1.82) is 0 Å². The zero-order valence-corrected chi connectivity index (χ0v) is 20.3. The van der Waals surface area contributed by atoms with Crippen molar-refractivity contribution < 1.29 is 13.2 Å². The predicted octanol–water partition coefficient (Wildman–Crippen LogP) is 4.72. The maximum Gasteiger partial charge on any atom is 0.224 e. The SMILES string of the molecule is O=C(NCCSC1CCCCC1)C1CCCN(S(=O)(=O)Cc2ccc(Cl)c(Cl)c2)C1. The summed E-state index contributed by atoms with van der Waals surface area (Å²) in [5.74, 6) is 0.453. The Morgan fingerprint density at radius 2 is 1.87 bits per heavy atom. The molecule has 1 aliphatic heterocycles. The van der Waals surface area contributed by atoms with Crippen molar-refractivity contribution in [2.45, 2.75) is 55.9 Å². The maximum atomic E-state index is 12.9. The maximum absolute atomic E-state index is 12.9. The molecule has 1 aromatic rings. The van der Waals surface area contributed by atoms with Crippen LogP contribution in [0.1, 0.15) is 50.5 Å². The number of carbonyl (C=O) groups excluding carboxylic acids is 1. The Bertz CT molecular complexity index is 830. The highest BCUT2D eigenvalue weighted by atomic mass is 35.5. The number of hydrogen-bond donors (Lipinski definition) is 1. The van der Waals surface area contributed by atoms with Crippen molar-refractivity contribution in [3.8, 4) is 0 Å². The summed E-state index contributed by atoms with van der Waals surface area (Å²) in [5.41, 5.74) is 0.593. The number of piperidine rings is 1. The van der Waals surface area contributed by atoms with E-state index in [1.54, 1.807) is 18.2 Å². The molecule has 5 nitrogen and oxygen atoms in total. The molecule has 2 aliphatic rings. The second-order valence-corrected chi connectivity index (χ2v) is 12.3. The highest BCUT2D eigenvalue weighted by Gasteiger charge is 2.32. The number of rotatable bonds is 8. The Hall–Kier alpha value is -0.470. The lowest BCUT2D eigenvalue weighted by Crippen LogP contribution is -2.46. The standard InChI is InChI=1S/C21H30Cl2N2O3S2/c22-19-9-8-16(13-20(19)23)15-30(27,28)25-11-4-5-17(14-25)21(26)24-10-12-29-18-6-2-1-3-7-18/h8-9,13,17-18H,1-7,10-12,14-15H2,(H,24,26). The summed E-state index contributed by atoms with van der Waals surface area (Å²) in [5, 5.41) is 4.48. The zero-order valence-electron chi connectivity index (χ0n) is 17.1. The van der Waals surface area contributed by atoms with Gasteiger partial charge in [-0.1, -0.05) is 48.5 Å². The van der Waals surface area contributed by atoms with Gasteiger partial charge < -0.3 is 5.32 Å². The molecule has 0 aromatic heterocycles. The highest BCUT2D eigenvalue weighted by molar-refractivity contribution is 7.99. The molecular weight excluding hydrogens is 463 g/mol. The van der Waals surface area contributed by atoms with Gasteiger partial charge in [0.15, 0.2) is 0 Å². The first-order valence-corrected chi connectivity index (χ1v) is 14.1. The smallest absolute Gasteiger partial charge is 0.224 e. The van der Waals surface area contributed by atoms with Crippen molar-refractivity contribution in [1.82, 2.24) is 9.62 Å². The Morgan fingerprint density at radius 3 is 2.60 bits per heavy atom. The number of halogens is 2. The van der Waals surface area contributed by atoms with Crippen LogP contribution in [0.5, 0.6) is 0 Å². The number of sulfonamides is 1. The van der Waals surface area contributed by atoms with Crippen molar-refractivity contribution in [3.05, 3.63) is 33.8 Å². The minimum atomic E-state index is -3.52. The molecule has 168 valence electrons. The van der Waals surface area contributed by atoms with E-state index in [0.29, 0.717) is 35.1 Å². The van der Waals surface area contributed by atoms with Crippen molar-refractivity contribution in [3.63, 3.8) is 0 Å². The fraction of sp³-hybridized carbons (Fsp3) is 0.667. The molecule has 0 bridgehead atoms. The first-order valence-electron chi connectivity index (χ1n) is 10.7. The quantitative estimate of drug-likeness (QED) is 0.533. The molecule has 1 amide bonds. The van der Waals surface area contributed by atoms with Crippen LogP contribution in [0.4, 0.5) is 0 Å². The molecule has 1 unspecified atom stereocenters. The second-order valence-electron chi connectivity index (χ2n) is 8.12. The number of nitrogens with zero attached hydrogens (tertiary/aromatic N) is 1. The highest BCUT2D eigenvalue weighted by Crippen LogP contribution is 2.28. The molecule has 1 aromatic carbocycles. The van der Waals surface area contributed by atoms with Gasteiger partial charge in [-0.25, -0.2) is 12.7 Å². The third-order valence-corrected chi connectivity index (χ3v) is 9.73. The van der Waals surface area contributed by atoms with E-state index in [-0.39, 0.29) is 24.1 Å². The summed E-state index contributed by atoms with van der Waals surface area (Å²) < 4.78 is 27.2. The van der Waals surface area contributed by atoms with Crippen LogP contribution in [0.25, 0.3) is 0 Å². The van der Waals surface area contributed by atoms with E-state index in [0.717, 1.165) is 17.4 Å². The summed E-state index contributed by atoms with van der Waals surface area (Å²) in [7, 11) is -3.52. The first-order chi connectivity index (χ1) is 14.3. The molecule has 0 radical (unpaired) electrons. The lowest BCUT2D eigenvalue weighted by atomic mass is 9.99. The van der Waals surface area contributed by atoms with Gasteiger partial charge in [0.1, 0.15) is 0 Å². The van der Waals surface area contributed by atoms with Crippen LogP contribution in [0.2, 0.25) is 10.0 Å². The van der Waals surface area contributed by atoms with Gasteiger partial charge in [-0.3, -0.25) is 4.79 Å². The van der Waals surface area contributed by atoms with Crippen molar-refractivity contribution in [2.24, 2.45) is 5.92 Å². The third-order valence-electron chi connectivity index (χ3n) is 5.79. The van der Waals surface area contributed by atoms with E-state index in [4.69, 9.17) is 23.2 Å². The van der Waals surface area contributed by atoms with E-state index >= 15 is 0 Å². The molecule has 1 saturated heterocycles. The third kappa shape index (κ3) is 7.02. The van der Waals surface area contributed by atoms with Crippen LogP contribution in [-0.2, 0) is 20.6 Å². The van der Waals surface area contributed by atoms with E-state index in [1.165, 1.54) is 36.4 Å².